The number of thiazole rings is 1. The first-order valence-electron chi connectivity index (χ1n) is 3.62. The van der Waals surface area contributed by atoms with Gasteiger partial charge >= 0.3 is 0 Å². The van der Waals surface area contributed by atoms with Crippen LogP contribution in [0.5, 0.6) is 0 Å². The number of carbonyl (C=O) groups excluding carboxylic acids is 1. The SMILES string of the molecule is Br.Nc1nc2c(s1)C(=O)C(Br)CC2. The summed E-state index contributed by atoms with van der Waals surface area (Å²) in [6.45, 7) is 0. The maximum atomic E-state index is 11.5. The molecule has 0 aromatic carbocycles. The Labute approximate surface area is 98.6 Å². The van der Waals surface area contributed by atoms with Crippen LogP contribution in [0.3, 0.4) is 0 Å². The van der Waals surface area contributed by atoms with Gasteiger partial charge in [-0.25, -0.2) is 4.98 Å². The van der Waals surface area contributed by atoms with E-state index in [9.17, 15) is 4.79 Å². The number of nitrogen functional groups attached to an aromatic ring is 1. The summed E-state index contributed by atoms with van der Waals surface area (Å²) in [6.07, 6.45) is 1.68. The van der Waals surface area contributed by atoms with Gasteiger partial charge < -0.3 is 5.73 Å². The number of aryl methyl sites for hydroxylation is 1. The molecule has 0 spiro atoms. The molecule has 1 aromatic rings. The van der Waals surface area contributed by atoms with E-state index >= 15 is 0 Å². The third kappa shape index (κ3) is 1.94. The zero-order valence-corrected chi connectivity index (χ0v) is 10.7. The van der Waals surface area contributed by atoms with Crippen molar-refractivity contribution in [1.29, 1.82) is 0 Å². The number of anilines is 1. The van der Waals surface area contributed by atoms with E-state index < -0.39 is 0 Å². The number of Topliss-reactive ketones (excluding diaryl/α,β-unsaturated/α-hetero) is 1. The smallest absolute Gasteiger partial charge is 0.188 e. The molecule has 0 amide bonds. The van der Waals surface area contributed by atoms with Crippen molar-refractivity contribution in [2.75, 3.05) is 5.73 Å². The predicted molar refractivity (Wildman–Crippen MR) is 62.2 cm³/mol. The molecule has 0 bridgehead atoms. The molecule has 0 saturated carbocycles. The summed E-state index contributed by atoms with van der Waals surface area (Å²) in [5.41, 5.74) is 6.38. The van der Waals surface area contributed by atoms with Crippen molar-refractivity contribution < 1.29 is 4.79 Å². The van der Waals surface area contributed by atoms with E-state index in [2.05, 4.69) is 20.9 Å². The Kier molecular flexibility index (Phi) is 3.48. The maximum absolute atomic E-state index is 11.5. The lowest BCUT2D eigenvalue weighted by molar-refractivity contribution is 0.0985. The number of fused-ring (bicyclic) bond motifs is 1. The summed E-state index contributed by atoms with van der Waals surface area (Å²) in [5, 5.41) is 0.495. The molecular formula is C7H8Br2N2OS. The van der Waals surface area contributed by atoms with Crippen molar-refractivity contribution in [3.63, 3.8) is 0 Å². The van der Waals surface area contributed by atoms with E-state index in [1.165, 1.54) is 11.3 Å². The van der Waals surface area contributed by atoms with Crippen LogP contribution >= 0.6 is 44.2 Å². The second-order valence-corrected chi connectivity index (χ2v) is 4.83. The van der Waals surface area contributed by atoms with E-state index in [1.807, 2.05) is 0 Å². The third-order valence-electron chi connectivity index (χ3n) is 1.86. The summed E-state index contributed by atoms with van der Waals surface area (Å²) in [6, 6.07) is 0. The van der Waals surface area contributed by atoms with Crippen molar-refractivity contribution in [3.05, 3.63) is 10.6 Å². The van der Waals surface area contributed by atoms with Gasteiger partial charge in [0.05, 0.1) is 15.4 Å². The Morgan fingerprint density at radius 2 is 2.31 bits per heavy atom. The Balaban J connectivity index is 0.000000845. The molecular weight excluding hydrogens is 320 g/mol. The number of nitrogens with zero attached hydrogens (tertiary/aromatic N) is 1. The van der Waals surface area contributed by atoms with Crippen LogP contribution in [0.25, 0.3) is 0 Å². The monoisotopic (exact) mass is 326 g/mol. The molecule has 1 aromatic heterocycles. The normalized spacial score (nSPS) is 20.7. The van der Waals surface area contributed by atoms with Crippen LogP contribution in [-0.2, 0) is 6.42 Å². The Bertz CT molecular complexity index is 339. The van der Waals surface area contributed by atoms with Gasteiger partial charge in [-0.15, -0.1) is 17.0 Å². The summed E-state index contributed by atoms with van der Waals surface area (Å²) in [7, 11) is 0. The molecule has 1 aliphatic carbocycles. The van der Waals surface area contributed by atoms with Gasteiger partial charge in [-0.05, 0) is 12.8 Å². The van der Waals surface area contributed by atoms with Gasteiger partial charge in [0.25, 0.3) is 0 Å². The van der Waals surface area contributed by atoms with E-state index in [0.29, 0.717) is 5.13 Å². The van der Waals surface area contributed by atoms with E-state index in [-0.39, 0.29) is 27.6 Å². The summed E-state index contributed by atoms with van der Waals surface area (Å²) < 4.78 is 0. The highest BCUT2D eigenvalue weighted by molar-refractivity contribution is 9.10. The minimum absolute atomic E-state index is 0. The second-order valence-electron chi connectivity index (χ2n) is 2.70. The van der Waals surface area contributed by atoms with Crippen LogP contribution in [-0.4, -0.2) is 15.6 Å². The van der Waals surface area contributed by atoms with Crippen molar-refractivity contribution in [2.24, 2.45) is 0 Å². The fraction of sp³-hybridized carbons (Fsp3) is 0.429. The number of aromatic nitrogens is 1. The highest BCUT2D eigenvalue weighted by atomic mass is 79.9. The first-order chi connectivity index (χ1) is 5.68. The van der Waals surface area contributed by atoms with E-state index in [1.54, 1.807) is 0 Å². The lowest BCUT2D eigenvalue weighted by atomic mass is 10.0. The van der Waals surface area contributed by atoms with Crippen LogP contribution in [0, 0.1) is 0 Å². The van der Waals surface area contributed by atoms with Gasteiger partial charge in [0.1, 0.15) is 0 Å². The standard InChI is InChI=1S/C7H7BrN2OS.BrH/c8-3-1-2-4-6(5(3)11)12-7(9)10-4;/h3H,1-2H2,(H2,9,10);1H. The lowest BCUT2D eigenvalue weighted by Gasteiger charge is -2.12. The largest absolute Gasteiger partial charge is 0.375 e. The summed E-state index contributed by atoms with van der Waals surface area (Å²) >= 11 is 4.61. The molecule has 1 atom stereocenters. The molecule has 0 saturated heterocycles. The lowest BCUT2D eigenvalue weighted by Crippen LogP contribution is -2.20. The fourth-order valence-corrected chi connectivity index (χ4v) is 2.75. The third-order valence-corrected chi connectivity index (χ3v) is 3.67. The number of ketones is 1. The number of alkyl halides is 1. The molecule has 2 N–H and O–H groups in total. The van der Waals surface area contributed by atoms with Crippen molar-refractivity contribution in [1.82, 2.24) is 4.98 Å². The molecule has 1 heterocycles. The van der Waals surface area contributed by atoms with Crippen molar-refractivity contribution >= 4 is 55.2 Å². The van der Waals surface area contributed by atoms with Crippen molar-refractivity contribution in [3.8, 4) is 0 Å². The van der Waals surface area contributed by atoms with Gasteiger partial charge in [-0.1, -0.05) is 27.3 Å². The highest BCUT2D eigenvalue weighted by Gasteiger charge is 2.28. The minimum atomic E-state index is -0.0372. The molecule has 3 nitrogen and oxygen atoms in total. The molecule has 72 valence electrons. The maximum Gasteiger partial charge on any atom is 0.188 e. The van der Waals surface area contributed by atoms with Gasteiger partial charge in [-0.3, -0.25) is 4.79 Å². The highest BCUT2D eigenvalue weighted by Crippen LogP contribution is 2.30. The number of hydrogen-bond acceptors (Lipinski definition) is 4. The Hall–Kier alpha value is 0.0600. The molecule has 0 radical (unpaired) electrons. The van der Waals surface area contributed by atoms with Crippen molar-refractivity contribution in [2.45, 2.75) is 17.7 Å². The van der Waals surface area contributed by atoms with Crippen LogP contribution in [0.15, 0.2) is 0 Å². The summed E-state index contributed by atoms with van der Waals surface area (Å²) in [5.74, 6) is 0.130. The molecule has 13 heavy (non-hydrogen) atoms. The van der Waals surface area contributed by atoms with Crippen LogP contribution in [0.4, 0.5) is 5.13 Å². The quantitative estimate of drug-likeness (QED) is 0.743. The molecule has 0 fully saturated rings. The molecule has 6 heteroatoms. The van der Waals surface area contributed by atoms with Gasteiger partial charge in [0, 0.05) is 0 Å². The number of rotatable bonds is 0. The number of nitrogens with two attached hydrogens (primary N) is 1. The van der Waals surface area contributed by atoms with Crippen LogP contribution < -0.4 is 5.73 Å². The number of halogens is 2. The summed E-state index contributed by atoms with van der Waals surface area (Å²) in [4.78, 5) is 16.3. The van der Waals surface area contributed by atoms with E-state index in [4.69, 9.17) is 5.73 Å². The van der Waals surface area contributed by atoms with Crippen LogP contribution in [0.2, 0.25) is 0 Å². The molecule has 2 rings (SSSR count). The zero-order valence-electron chi connectivity index (χ0n) is 6.62. The minimum Gasteiger partial charge on any atom is -0.375 e. The first-order valence-corrected chi connectivity index (χ1v) is 5.35. The molecule has 1 aliphatic rings. The van der Waals surface area contributed by atoms with Crippen LogP contribution in [0.1, 0.15) is 21.8 Å². The van der Waals surface area contributed by atoms with Gasteiger partial charge in [0.2, 0.25) is 0 Å². The number of carbonyl (C=O) groups is 1. The Morgan fingerprint density at radius 3 is 3.00 bits per heavy atom. The zero-order chi connectivity index (χ0) is 8.72. The predicted octanol–water partition coefficient (Wildman–Crippen LogP) is 2.20. The Morgan fingerprint density at radius 1 is 1.62 bits per heavy atom. The number of hydrogen-bond donors (Lipinski definition) is 1. The average molecular weight is 328 g/mol. The van der Waals surface area contributed by atoms with Gasteiger partial charge in [-0.2, -0.15) is 0 Å². The topological polar surface area (TPSA) is 56.0 Å². The fourth-order valence-electron chi connectivity index (χ4n) is 1.27. The molecule has 0 aliphatic heterocycles. The molecule has 1 unspecified atom stereocenters. The van der Waals surface area contributed by atoms with E-state index in [0.717, 1.165) is 23.4 Å². The second kappa shape index (κ2) is 4.06. The first kappa shape index (κ1) is 11.1. The van der Waals surface area contributed by atoms with Gasteiger partial charge in [0.15, 0.2) is 10.9 Å². The average Bonchev–Trinajstić information content (AvgIpc) is 2.39.